The van der Waals surface area contributed by atoms with Crippen molar-refractivity contribution in [2.24, 2.45) is 11.7 Å². The van der Waals surface area contributed by atoms with Crippen LogP contribution in [0.15, 0.2) is 42.5 Å². The van der Waals surface area contributed by atoms with Crippen LogP contribution in [0.5, 0.6) is 5.75 Å². The SMILES string of the molecule is CC(N)C1CCN(C(=O)COc2ccc3ccccc3c2)CC1. The van der Waals surface area contributed by atoms with E-state index >= 15 is 0 Å². The quantitative estimate of drug-likeness (QED) is 0.944. The number of nitrogens with zero attached hydrogens (tertiary/aromatic N) is 1. The summed E-state index contributed by atoms with van der Waals surface area (Å²) in [7, 11) is 0. The molecule has 23 heavy (non-hydrogen) atoms. The molecular formula is C19H24N2O2. The molecule has 2 aromatic carbocycles. The second-order valence-corrected chi connectivity index (χ2v) is 6.37. The van der Waals surface area contributed by atoms with E-state index in [1.807, 2.05) is 48.2 Å². The van der Waals surface area contributed by atoms with Crippen molar-refractivity contribution in [3.63, 3.8) is 0 Å². The van der Waals surface area contributed by atoms with Crippen molar-refractivity contribution < 1.29 is 9.53 Å². The minimum atomic E-state index is 0.0567. The number of ether oxygens (including phenoxy) is 1. The zero-order valence-electron chi connectivity index (χ0n) is 13.6. The van der Waals surface area contributed by atoms with Gasteiger partial charge in [0.2, 0.25) is 0 Å². The van der Waals surface area contributed by atoms with Crippen LogP contribution in [0.4, 0.5) is 0 Å². The molecule has 0 saturated carbocycles. The van der Waals surface area contributed by atoms with Gasteiger partial charge >= 0.3 is 0 Å². The Bertz CT molecular complexity index is 676. The van der Waals surface area contributed by atoms with Crippen molar-refractivity contribution in [2.45, 2.75) is 25.8 Å². The van der Waals surface area contributed by atoms with Gasteiger partial charge in [0, 0.05) is 19.1 Å². The highest BCUT2D eigenvalue weighted by Gasteiger charge is 2.24. The number of hydrogen-bond acceptors (Lipinski definition) is 3. The van der Waals surface area contributed by atoms with Crippen LogP contribution in [0.2, 0.25) is 0 Å². The van der Waals surface area contributed by atoms with E-state index in [0.717, 1.165) is 37.1 Å². The molecule has 0 spiro atoms. The molecule has 1 amide bonds. The van der Waals surface area contributed by atoms with Crippen LogP contribution in [0.3, 0.4) is 0 Å². The summed E-state index contributed by atoms with van der Waals surface area (Å²) < 4.78 is 5.69. The molecule has 122 valence electrons. The predicted molar refractivity (Wildman–Crippen MR) is 92.4 cm³/mol. The third-order valence-corrected chi connectivity index (χ3v) is 4.72. The summed E-state index contributed by atoms with van der Waals surface area (Å²) in [4.78, 5) is 14.2. The Kier molecular flexibility index (Phi) is 4.82. The number of likely N-dealkylation sites (tertiary alicyclic amines) is 1. The molecule has 2 N–H and O–H groups in total. The Morgan fingerprint density at radius 3 is 2.61 bits per heavy atom. The van der Waals surface area contributed by atoms with Gasteiger partial charge in [-0.05, 0) is 48.6 Å². The van der Waals surface area contributed by atoms with Gasteiger partial charge in [-0.2, -0.15) is 0 Å². The van der Waals surface area contributed by atoms with E-state index in [9.17, 15) is 4.79 Å². The van der Waals surface area contributed by atoms with Crippen molar-refractivity contribution in [1.82, 2.24) is 4.90 Å². The predicted octanol–water partition coefficient (Wildman–Crippen LogP) is 2.80. The summed E-state index contributed by atoms with van der Waals surface area (Å²) >= 11 is 0. The Morgan fingerprint density at radius 2 is 1.91 bits per heavy atom. The van der Waals surface area contributed by atoms with Gasteiger partial charge < -0.3 is 15.4 Å². The van der Waals surface area contributed by atoms with Crippen LogP contribution < -0.4 is 10.5 Å². The molecule has 4 heteroatoms. The number of hydrogen-bond donors (Lipinski definition) is 1. The van der Waals surface area contributed by atoms with Gasteiger partial charge in [0.1, 0.15) is 5.75 Å². The van der Waals surface area contributed by atoms with E-state index in [1.54, 1.807) is 0 Å². The number of nitrogens with two attached hydrogens (primary N) is 1. The van der Waals surface area contributed by atoms with Gasteiger partial charge in [0.05, 0.1) is 0 Å². The van der Waals surface area contributed by atoms with Crippen LogP contribution >= 0.6 is 0 Å². The maximum atomic E-state index is 12.3. The molecule has 0 aliphatic carbocycles. The molecule has 0 radical (unpaired) electrons. The number of rotatable bonds is 4. The van der Waals surface area contributed by atoms with Crippen molar-refractivity contribution in [3.8, 4) is 5.75 Å². The van der Waals surface area contributed by atoms with Crippen LogP contribution in [0, 0.1) is 5.92 Å². The summed E-state index contributed by atoms with van der Waals surface area (Å²) in [5, 5.41) is 2.29. The summed E-state index contributed by atoms with van der Waals surface area (Å²) in [5.74, 6) is 1.32. The van der Waals surface area contributed by atoms with Crippen LogP contribution in [-0.4, -0.2) is 36.5 Å². The molecule has 1 saturated heterocycles. The third-order valence-electron chi connectivity index (χ3n) is 4.72. The fourth-order valence-electron chi connectivity index (χ4n) is 3.17. The van der Waals surface area contributed by atoms with E-state index in [0.29, 0.717) is 5.92 Å². The normalized spacial score (nSPS) is 17.2. The van der Waals surface area contributed by atoms with Crippen molar-refractivity contribution >= 4 is 16.7 Å². The Balaban J connectivity index is 1.54. The molecule has 1 fully saturated rings. The number of carbonyl (C=O) groups excluding carboxylic acids is 1. The topological polar surface area (TPSA) is 55.6 Å². The number of fused-ring (bicyclic) bond motifs is 1. The first-order chi connectivity index (χ1) is 11.1. The summed E-state index contributed by atoms with van der Waals surface area (Å²) in [5.41, 5.74) is 5.94. The van der Waals surface area contributed by atoms with Crippen molar-refractivity contribution in [2.75, 3.05) is 19.7 Å². The van der Waals surface area contributed by atoms with Gasteiger partial charge in [-0.1, -0.05) is 30.3 Å². The number of carbonyl (C=O) groups is 1. The second-order valence-electron chi connectivity index (χ2n) is 6.37. The van der Waals surface area contributed by atoms with E-state index in [2.05, 4.69) is 6.07 Å². The average Bonchev–Trinajstić information content (AvgIpc) is 2.59. The first kappa shape index (κ1) is 15.8. The Hall–Kier alpha value is -2.07. The molecule has 1 aliphatic rings. The first-order valence-corrected chi connectivity index (χ1v) is 8.28. The second kappa shape index (κ2) is 7.01. The Morgan fingerprint density at radius 1 is 1.22 bits per heavy atom. The number of piperidine rings is 1. The zero-order valence-corrected chi connectivity index (χ0v) is 13.6. The van der Waals surface area contributed by atoms with Crippen LogP contribution in [0.25, 0.3) is 10.8 Å². The van der Waals surface area contributed by atoms with Crippen molar-refractivity contribution in [1.29, 1.82) is 0 Å². The maximum Gasteiger partial charge on any atom is 0.260 e. The van der Waals surface area contributed by atoms with Gasteiger partial charge in [-0.15, -0.1) is 0 Å². The number of amides is 1. The number of benzene rings is 2. The zero-order chi connectivity index (χ0) is 16.2. The summed E-state index contributed by atoms with van der Waals surface area (Å²) in [6.07, 6.45) is 1.97. The van der Waals surface area contributed by atoms with E-state index in [1.165, 1.54) is 5.39 Å². The molecule has 1 heterocycles. The van der Waals surface area contributed by atoms with Gasteiger partial charge in [0.25, 0.3) is 5.91 Å². The lowest BCUT2D eigenvalue weighted by atomic mass is 9.91. The molecule has 1 atom stereocenters. The standard InChI is InChI=1S/C19H24N2O2/c1-14(20)15-8-10-21(11-9-15)19(22)13-23-18-7-6-16-4-2-3-5-17(16)12-18/h2-7,12,14-15H,8-11,13,20H2,1H3. The molecule has 1 aliphatic heterocycles. The van der Waals surface area contributed by atoms with E-state index < -0.39 is 0 Å². The lowest BCUT2D eigenvalue weighted by Gasteiger charge is -2.33. The molecule has 3 rings (SSSR count). The average molecular weight is 312 g/mol. The van der Waals surface area contributed by atoms with Crippen LogP contribution in [0.1, 0.15) is 19.8 Å². The largest absolute Gasteiger partial charge is 0.484 e. The molecular weight excluding hydrogens is 288 g/mol. The smallest absolute Gasteiger partial charge is 0.260 e. The molecule has 4 nitrogen and oxygen atoms in total. The highest BCUT2D eigenvalue weighted by molar-refractivity contribution is 5.84. The molecule has 0 bridgehead atoms. The fraction of sp³-hybridized carbons (Fsp3) is 0.421. The molecule has 1 unspecified atom stereocenters. The highest BCUT2D eigenvalue weighted by atomic mass is 16.5. The minimum Gasteiger partial charge on any atom is -0.484 e. The molecule has 2 aromatic rings. The molecule has 0 aromatic heterocycles. The minimum absolute atomic E-state index is 0.0567. The van der Waals surface area contributed by atoms with E-state index in [-0.39, 0.29) is 18.6 Å². The lowest BCUT2D eigenvalue weighted by molar-refractivity contribution is -0.134. The van der Waals surface area contributed by atoms with Gasteiger partial charge in [-0.25, -0.2) is 0 Å². The summed E-state index contributed by atoms with van der Waals surface area (Å²) in [6, 6.07) is 14.2. The highest BCUT2D eigenvalue weighted by Crippen LogP contribution is 2.22. The maximum absolute atomic E-state index is 12.3. The Labute approximate surface area is 137 Å². The van der Waals surface area contributed by atoms with Crippen LogP contribution in [-0.2, 0) is 4.79 Å². The van der Waals surface area contributed by atoms with Crippen molar-refractivity contribution in [3.05, 3.63) is 42.5 Å². The lowest BCUT2D eigenvalue weighted by Crippen LogP contribution is -2.44. The monoisotopic (exact) mass is 312 g/mol. The third kappa shape index (κ3) is 3.82. The van der Waals surface area contributed by atoms with E-state index in [4.69, 9.17) is 10.5 Å². The van der Waals surface area contributed by atoms with Gasteiger partial charge in [0.15, 0.2) is 6.61 Å². The fourth-order valence-corrected chi connectivity index (χ4v) is 3.17. The first-order valence-electron chi connectivity index (χ1n) is 8.28. The summed E-state index contributed by atoms with van der Waals surface area (Å²) in [6.45, 7) is 3.71. The van der Waals surface area contributed by atoms with Gasteiger partial charge in [-0.3, -0.25) is 4.79 Å².